The van der Waals surface area contributed by atoms with Crippen molar-refractivity contribution in [3.63, 3.8) is 0 Å². The van der Waals surface area contributed by atoms with Gasteiger partial charge in [-0.05, 0) is 38.5 Å². The largest absolute Gasteiger partial charge is 0.396 e. The molecule has 9 unspecified atom stereocenters. The van der Waals surface area contributed by atoms with Gasteiger partial charge in [0, 0.05) is 104 Å². The molecule has 12 N–H and O–H groups in total. The van der Waals surface area contributed by atoms with Crippen LogP contribution in [0.5, 0.6) is 0 Å². The van der Waals surface area contributed by atoms with E-state index in [1.807, 2.05) is 6.92 Å². The smallest absolute Gasteiger partial charge is 0.222 e. The Balaban J connectivity index is 2.04. The third-order valence-corrected chi connectivity index (χ3v) is 10.6. The van der Waals surface area contributed by atoms with Gasteiger partial charge in [-0.1, -0.05) is 13.8 Å². The number of hydrogen-bond acceptors (Lipinski definition) is 18. The summed E-state index contributed by atoms with van der Waals surface area (Å²) in [6.07, 6.45) is -5.01. The standard InChI is InChI=1S/C44H82N6O18/c1-28(27-65-23-15-36(58)48-19-11-17-46-34(56)13-7-9-21-67-44-38(50-31(4)54)42(62)40(60)32(25-52)68-44)26-64-22-14-35(57)47-18-10-16-45-33(55)12-6-8-20-66-43(63-5)37(49-30(3)53)41(61)39(59)29(2)24-51/h28-29,32,37-44,51-52,59-62H,6-27H2,1-5H3,(H,45,55)(H,46,56)(H,47,57)(H,48,58)(H,49,53)(H,50,54)/t28?,29?,32?,37?,38-,39?,40?,41?,42?,43-,44?/m1/s1. The minimum Gasteiger partial charge on any atom is -0.396 e. The van der Waals surface area contributed by atoms with E-state index in [1.54, 1.807) is 6.92 Å². The number of methoxy groups -OCH3 is 1. The Kier molecular flexibility index (Phi) is 34.1. The van der Waals surface area contributed by atoms with Gasteiger partial charge in [0.05, 0.1) is 39.1 Å². The first-order chi connectivity index (χ1) is 32.4. The van der Waals surface area contributed by atoms with Crippen LogP contribution in [-0.2, 0) is 57.2 Å². The fourth-order valence-corrected chi connectivity index (χ4v) is 6.70. The Morgan fingerprint density at radius 3 is 1.59 bits per heavy atom. The Labute approximate surface area is 399 Å². The summed E-state index contributed by atoms with van der Waals surface area (Å²) in [6.45, 7) is 8.09. The normalized spacial score (nSPS) is 20.8. The van der Waals surface area contributed by atoms with E-state index in [0.29, 0.717) is 77.9 Å². The van der Waals surface area contributed by atoms with E-state index in [4.69, 9.17) is 28.4 Å². The number of rotatable bonds is 39. The van der Waals surface area contributed by atoms with Crippen LogP contribution < -0.4 is 31.9 Å². The maximum atomic E-state index is 12.2. The van der Waals surface area contributed by atoms with Crippen LogP contribution in [0.15, 0.2) is 0 Å². The lowest BCUT2D eigenvalue weighted by molar-refractivity contribution is -0.270. The van der Waals surface area contributed by atoms with Crippen LogP contribution in [0.4, 0.5) is 0 Å². The summed E-state index contributed by atoms with van der Waals surface area (Å²) >= 11 is 0. The van der Waals surface area contributed by atoms with Gasteiger partial charge in [0.25, 0.3) is 0 Å². The predicted molar refractivity (Wildman–Crippen MR) is 243 cm³/mol. The molecular weight excluding hydrogens is 901 g/mol. The van der Waals surface area contributed by atoms with E-state index in [9.17, 15) is 59.4 Å². The first-order valence-corrected chi connectivity index (χ1v) is 23.6. The molecule has 1 saturated heterocycles. The zero-order valence-corrected chi connectivity index (χ0v) is 40.5. The lowest BCUT2D eigenvalue weighted by Gasteiger charge is -2.42. The van der Waals surface area contributed by atoms with Crippen molar-refractivity contribution >= 4 is 35.4 Å². The molecule has 0 radical (unpaired) electrons. The fourth-order valence-electron chi connectivity index (χ4n) is 6.70. The van der Waals surface area contributed by atoms with Crippen LogP contribution >= 0.6 is 0 Å². The van der Waals surface area contributed by atoms with E-state index in [-0.39, 0.29) is 88.3 Å². The van der Waals surface area contributed by atoms with Gasteiger partial charge >= 0.3 is 0 Å². The van der Waals surface area contributed by atoms with Crippen molar-refractivity contribution in [3.05, 3.63) is 0 Å². The van der Waals surface area contributed by atoms with E-state index in [0.717, 1.165) is 0 Å². The highest BCUT2D eigenvalue weighted by atomic mass is 16.7. The van der Waals surface area contributed by atoms with Crippen molar-refractivity contribution in [2.75, 3.05) is 86.1 Å². The van der Waals surface area contributed by atoms with Gasteiger partial charge in [-0.25, -0.2) is 0 Å². The van der Waals surface area contributed by atoms with E-state index in [1.165, 1.54) is 21.0 Å². The second-order valence-corrected chi connectivity index (χ2v) is 16.9. The third-order valence-electron chi connectivity index (χ3n) is 10.6. The van der Waals surface area contributed by atoms with E-state index < -0.39 is 79.5 Å². The first-order valence-electron chi connectivity index (χ1n) is 23.6. The highest BCUT2D eigenvalue weighted by Crippen LogP contribution is 2.23. The van der Waals surface area contributed by atoms with Crippen molar-refractivity contribution in [3.8, 4) is 0 Å². The van der Waals surface area contributed by atoms with Crippen molar-refractivity contribution in [1.82, 2.24) is 31.9 Å². The molecule has 0 aromatic heterocycles. The average Bonchev–Trinajstić information content (AvgIpc) is 3.30. The summed E-state index contributed by atoms with van der Waals surface area (Å²) in [5.74, 6) is -2.21. The number of aliphatic hydroxyl groups excluding tert-OH is 6. The number of ether oxygens (including phenoxy) is 6. The molecule has 1 heterocycles. The average molecular weight is 983 g/mol. The minimum atomic E-state index is -1.47. The number of carbonyl (C=O) groups excluding carboxylic acids is 6. The van der Waals surface area contributed by atoms with Crippen LogP contribution in [0.25, 0.3) is 0 Å². The molecule has 1 rings (SSSR count). The number of nitrogens with one attached hydrogen (secondary N) is 6. The molecule has 6 amide bonds. The summed E-state index contributed by atoms with van der Waals surface area (Å²) in [4.78, 5) is 72.0. The highest BCUT2D eigenvalue weighted by molar-refractivity contribution is 5.77. The van der Waals surface area contributed by atoms with Crippen molar-refractivity contribution in [1.29, 1.82) is 0 Å². The Bertz CT molecular complexity index is 1440. The van der Waals surface area contributed by atoms with Gasteiger partial charge in [0.15, 0.2) is 12.6 Å². The Morgan fingerprint density at radius 2 is 1.13 bits per heavy atom. The van der Waals surface area contributed by atoms with Crippen LogP contribution in [0.2, 0.25) is 0 Å². The SMILES string of the molecule is CO[C@H](OCCCCC(=O)NCCCNC(=O)CCOCC(C)COCCC(=O)NCCCNC(=O)CCCCOC1OC(CO)C(O)C(O)[C@H]1NC(C)=O)C(NC(C)=O)C(O)C(O)C(C)CO. The number of aliphatic hydroxyl groups is 6. The lowest BCUT2D eigenvalue weighted by atomic mass is 9.95. The zero-order chi connectivity index (χ0) is 50.9. The Hall–Kier alpha value is -3.66. The molecule has 0 aliphatic carbocycles. The lowest BCUT2D eigenvalue weighted by Crippen LogP contribution is -2.64. The quantitative estimate of drug-likeness (QED) is 0.0213. The number of amides is 6. The maximum Gasteiger partial charge on any atom is 0.222 e. The van der Waals surface area contributed by atoms with E-state index in [2.05, 4.69) is 31.9 Å². The van der Waals surface area contributed by atoms with Crippen LogP contribution in [0, 0.1) is 11.8 Å². The summed E-state index contributed by atoms with van der Waals surface area (Å²) in [5.41, 5.74) is 0. The molecule has 68 heavy (non-hydrogen) atoms. The molecule has 24 nitrogen and oxygen atoms in total. The molecule has 0 aromatic carbocycles. The molecule has 1 aliphatic heterocycles. The fraction of sp³-hybridized carbons (Fsp3) is 0.864. The van der Waals surface area contributed by atoms with Gasteiger partial charge in [-0.15, -0.1) is 0 Å². The molecule has 0 spiro atoms. The van der Waals surface area contributed by atoms with Crippen LogP contribution in [0.3, 0.4) is 0 Å². The third kappa shape index (κ3) is 27.5. The molecule has 1 fully saturated rings. The second-order valence-electron chi connectivity index (χ2n) is 16.9. The Morgan fingerprint density at radius 1 is 0.632 bits per heavy atom. The highest BCUT2D eigenvalue weighted by Gasteiger charge is 2.45. The second kappa shape index (κ2) is 37.2. The van der Waals surface area contributed by atoms with Gasteiger partial charge in [0.2, 0.25) is 35.4 Å². The predicted octanol–water partition coefficient (Wildman–Crippen LogP) is -3.17. The van der Waals surface area contributed by atoms with Gasteiger partial charge in [-0.2, -0.15) is 0 Å². The monoisotopic (exact) mass is 983 g/mol. The minimum absolute atomic E-state index is 0.0378. The molecule has 0 aromatic rings. The van der Waals surface area contributed by atoms with Crippen LogP contribution in [-0.4, -0.2) is 207 Å². The zero-order valence-electron chi connectivity index (χ0n) is 40.5. The number of unbranched alkanes of at least 4 members (excludes halogenated alkanes) is 2. The summed E-state index contributed by atoms with van der Waals surface area (Å²) < 4.78 is 33.3. The number of hydrogen-bond donors (Lipinski definition) is 12. The molecule has 0 bridgehead atoms. The molecule has 11 atom stereocenters. The van der Waals surface area contributed by atoms with Gasteiger partial charge < -0.3 is 91.0 Å². The summed E-state index contributed by atoms with van der Waals surface area (Å²) in [5, 5.41) is 76.3. The number of carbonyl (C=O) groups is 6. The van der Waals surface area contributed by atoms with Crippen molar-refractivity contribution in [2.45, 2.75) is 147 Å². The van der Waals surface area contributed by atoms with E-state index >= 15 is 0 Å². The topological polar surface area (TPSA) is 351 Å². The molecule has 0 saturated carbocycles. The first kappa shape index (κ1) is 62.4. The molecule has 396 valence electrons. The van der Waals surface area contributed by atoms with Gasteiger partial charge in [0.1, 0.15) is 36.5 Å². The summed E-state index contributed by atoms with van der Waals surface area (Å²) in [7, 11) is 1.33. The van der Waals surface area contributed by atoms with Crippen molar-refractivity contribution in [2.24, 2.45) is 11.8 Å². The molecule has 24 heteroatoms. The van der Waals surface area contributed by atoms with Gasteiger partial charge in [-0.3, -0.25) is 28.8 Å². The van der Waals surface area contributed by atoms with Crippen LogP contribution in [0.1, 0.15) is 91.9 Å². The maximum absolute atomic E-state index is 12.2. The van der Waals surface area contributed by atoms with Crippen molar-refractivity contribution < 1.29 is 87.8 Å². The molecule has 1 aliphatic rings. The summed E-state index contributed by atoms with van der Waals surface area (Å²) in [6, 6.07) is -2.12. The molecular formula is C44H82N6O18.